The van der Waals surface area contributed by atoms with Gasteiger partial charge in [0.2, 0.25) is 0 Å². The summed E-state index contributed by atoms with van der Waals surface area (Å²) >= 11 is 8.27. The molecule has 5 heteroatoms. The summed E-state index contributed by atoms with van der Waals surface area (Å²) in [6.45, 7) is 6.00. The standard InChI is InChI=1S/C3H6NS.C2H4.CH2NS.Zn/c1-4(2)3-5;1-2;2-1-3;/h1-2H3;1-2H2;(H2,2,3);/q-1;;-1;+2. The Kier molecular flexibility index (Phi) is 65.5. The van der Waals surface area contributed by atoms with Crippen molar-refractivity contribution in [2.75, 3.05) is 14.1 Å². The Labute approximate surface area is 92.6 Å². The molecule has 0 rings (SSSR count). The number of hydrogen-bond donors (Lipinski definition) is 1. The van der Waals surface area contributed by atoms with Crippen molar-refractivity contribution in [1.29, 1.82) is 0 Å². The van der Waals surface area contributed by atoms with E-state index >= 15 is 0 Å². The van der Waals surface area contributed by atoms with Gasteiger partial charge in [-0.3, -0.25) is 0 Å². The molecule has 2 N–H and O–H groups in total. The first-order valence-corrected chi connectivity index (χ1v) is 3.13. The number of rotatable bonds is 1. The minimum absolute atomic E-state index is 0. The fourth-order valence-corrected chi connectivity index (χ4v) is 0. The maximum atomic E-state index is 4.41. The first-order valence-electron chi connectivity index (χ1n) is 2.31. The van der Waals surface area contributed by atoms with E-state index in [0.29, 0.717) is 0 Å². The molecule has 0 aromatic rings. The molecule has 0 saturated heterocycles. The average Bonchev–Trinajstić information content (AvgIpc) is 1.94. The van der Waals surface area contributed by atoms with E-state index in [0.717, 1.165) is 0 Å². The second-order valence-corrected chi connectivity index (χ2v) is 1.52. The first kappa shape index (κ1) is 22.5. The second-order valence-electron chi connectivity index (χ2n) is 1.10. The number of thiocarbonyl (C=S) groups is 2. The maximum absolute atomic E-state index is 4.41. The maximum Gasteiger partial charge on any atom is 2.00 e. The number of nitrogens with zero attached hydrogens (tertiary/aromatic N) is 1. The molecule has 0 fully saturated rings. The quantitative estimate of drug-likeness (QED) is 0.244. The van der Waals surface area contributed by atoms with Crippen LogP contribution >= 0.6 is 24.4 Å². The van der Waals surface area contributed by atoms with Crippen molar-refractivity contribution < 1.29 is 19.5 Å². The largest absolute Gasteiger partial charge is 2.00 e. The summed E-state index contributed by atoms with van der Waals surface area (Å²) in [5, 5.41) is 0. The molecule has 0 amide bonds. The molecule has 0 aromatic heterocycles. The van der Waals surface area contributed by atoms with Crippen molar-refractivity contribution in [2.45, 2.75) is 0 Å². The third-order valence-electron chi connectivity index (χ3n) is 0.183. The van der Waals surface area contributed by atoms with Gasteiger partial charge in [0.05, 0.1) is 0 Å². The predicted octanol–water partition coefficient (Wildman–Crippen LogP) is 0.961. The molecule has 0 spiro atoms. The Balaban J connectivity index is -0.0000000360. The van der Waals surface area contributed by atoms with E-state index in [-0.39, 0.29) is 19.5 Å². The van der Waals surface area contributed by atoms with Crippen LogP contribution in [0.15, 0.2) is 13.2 Å². The molecule has 0 atom stereocenters. The Morgan fingerprint density at radius 2 is 1.36 bits per heavy atom. The summed E-state index contributed by atoms with van der Waals surface area (Å²) < 4.78 is 0. The fourth-order valence-electron chi connectivity index (χ4n) is 0. The van der Waals surface area contributed by atoms with E-state index in [9.17, 15) is 0 Å². The van der Waals surface area contributed by atoms with Gasteiger partial charge >= 0.3 is 19.5 Å². The molecular weight excluding hydrogens is 230 g/mol. The summed E-state index contributed by atoms with van der Waals surface area (Å²) in [4.78, 5) is 1.69. The zero-order valence-electron chi connectivity index (χ0n) is 6.96. The Bertz CT molecular complexity index is 79.0. The van der Waals surface area contributed by atoms with Gasteiger partial charge < -0.3 is 46.1 Å². The summed E-state index contributed by atoms with van der Waals surface area (Å²) in [6.07, 6.45) is 0. The van der Waals surface area contributed by atoms with Crippen molar-refractivity contribution in [3.8, 4) is 0 Å². The van der Waals surface area contributed by atoms with Gasteiger partial charge in [0.25, 0.3) is 0 Å². The molecule has 60 valence electrons. The van der Waals surface area contributed by atoms with Crippen molar-refractivity contribution >= 4 is 35.4 Å². The molecule has 0 heterocycles. The third kappa shape index (κ3) is 146. The van der Waals surface area contributed by atoms with Crippen LogP contribution in [0.2, 0.25) is 0 Å². The Morgan fingerprint density at radius 1 is 1.27 bits per heavy atom. The van der Waals surface area contributed by atoms with E-state index in [1.165, 1.54) is 0 Å². The number of hydrogen-bond acceptors (Lipinski definition) is 2. The van der Waals surface area contributed by atoms with Gasteiger partial charge in [-0.25, -0.2) is 0 Å². The van der Waals surface area contributed by atoms with Crippen LogP contribution in [0.4, 0.5) is 0 Å². The molecule has 0 radical (unpaired) electrons. The monoisotopic (exact) mass is 240 g/mol. The van der Waals surface area contributed by atoms with Gasteiger partial charge in [0.15, 0.2) is 0 Å². The summed E-state index contributed by atoms with van der Waals surface area (Å²) in [5.74, 6) is 0. The molecule has 0 bridgehead atoms. The van der Waals surface area contributed by atoms with Crippen LogP contribution < -0.4 is 5.73 Å². The van der Waals surface area contributed by atoms with E-state index in [4.69, 9.17) is 0 Å². The van der Waals surface area contributed by atoms with E-state index in [2.05, 4.69) is 48.8 Å². The predicted molar refractivity (Wildman–Crippen MR) is 54.3 cm³/mol. The Hall–Kier alpha value is 0.143. The first-order chi connectivity index (χ1) is 4.68. The van der Waals surface area contributed by atoms with Gasteiger partial charge in [0, 0.05) is 0 Å². The van der Waals surface area contributed by atoms with Crippen LogP contribution in [0, 0.1) is 0 Å². The van der Waals surface area contributed by atoms with E-state index < -0.39 is 0 Å². The van der Waals surface area contributed by atoms with Crippen molar-refractivity contribution in [3.05, 3.63) is 13.2 Å². The van der Waals surface area contributed by atoms with Crippen molar-refractivity contribution in [2.24, 2.45) is 5.73 Å². The van der Waals surface area contributed by atoms with Crippen LogP contribution in [0.1, 0.15) is 0 Å². The second kappa shape index (κ2) is 32.1. The van der Waals surface area contributed by atoms with Crippen LogP contribution in [-0.4, -0.2) is 30.0 Å². The molecular formula is C6H12N2S2Zn. The fraction of sp³-hybridized carbons (Fsp3) is 0.333. The molecule has 0 aromatic carbocycles. The summed E-state index contributed by atoms with van der Waals surface area (Å²) in [5.41, 5.74) is 8.69. The minimum atomic E-state index is 0. The molecule has 0 saturated carbocycles. The van der Waals surface area contributed by atoms with Gasteiger partial charge in [-0.15, -0.1) is 13.2 Å². The summed E-state index contributed by atoms with van der Waals surface area (Å²) in [7, 11) is 3.68. The molecule has 0 aliphatic rings. The molecule has 2 nitrogen and oxygen atoms in total. The molecule has 0 aliphatic heterocycles. The van der Waals surface area contributed by atoms with E-state index in [1.807, 2.05) is 19.6 Å². The SMILES string of the molecule is C=C.CN(C)[C-]=S.N[C-]=S.[Zn+2]. The molecule has 0 unspecified atom stereocenters. The topological polar surface area (TPSA) is 29.3 Å². The zero-order valence-corrected chi connectivity index (χ0v) is 11.6. The average molecular weight is 242 g/mol. The van der Waals surface area contributed by atoms with Gasteiger partial charge in [-0.1, -0.05) is 0 Å². The van der Waals surface area contributed by atoms with Gasteiger partial charge in [-0.05, 0) is 14.1 Å². The summed E-state index contributed by atoms with van der Waals surface area (Å²) in [6, 6.07) is 0. The van der Waals surface area contributed by atoms with Crippen LogP contribution in [0.3, 0.4) is 0 Å². The molecule has 11 heavy (non-hydrogen) atoms. The zero-order chi connectivity index (χ0) is 8.99. The van der Waals surface area contributed by atoms with Crippen molar-refractivity contribution in [3.63, 3.8) is 0 Å². The van der Waals surface area contributed by atoms with Crippen molar-refractivity contribution in [1.82, 2.24) is 4.90 Å². The minimum Gasteiger partial charge on any atom is -0.570 e. The normalized spacial score (nSPS) is 4.55. The number of nitrogens with two attached hydrogens (primary N) is 1. The van der Waals surface area contributed by atoms with Crippen LogP contribution in [0.25, 0.3) is 0 Å². The molecule has 0 aliphatic carbocycles. The van der Waals surface area contributed by atoms with E-state index in [1.54, 1.807) is 4.90 Å². The van der Waals surface area contributed by atoms with Gasteiger partial charge in [-0.2, -0.15) is 0 Å². The third-order valence-corrected chi connectivity index (χ3v) is 0.548. The van der Waals surface area contributed by atoms with Gasteiger partial charge in [0.1, 0.15) is 0 Å². The van der Waals surface area contributed by atoms with Crippen LogP contribution in [-0.2, 0) is 19.5 Å². The Morgan fingerprint density at radius 3 is 1.36 bits per heavy atom. The smallest absolute Gasteiger partial charge is 0.570 e. The van der Waals surface area contributed by atoms with Crippen LogP contribution in [0.5, 0.6) is 0 Å².